The zero-order chi connectivity index (χ0) is 13.4. The Bertz CT molecular complexity index is 324. The molecule has 3 nitrogen and oxygen atoms in total. The van der Waals surface area contributed by atoms with Crippen molar-refractivity contribution < 1.29 is 9.84 Å². The number of ether oxygens (including phenoxy) is 1. The summed E-state index contributed by atoms with van der Waals surface area (Å²) >= 11 is 0. The van der Waals surface area contributed by atoms with Gasteiger partial charge in [0, 0.05) is 19.2 Å². The molecule has 1 unspecified atom stereocenters. The minimum Gasteiger partial charge on any atom is -0.497 e. The lowest BCUT2D eigenvalue weighted by Crippen LogP contribution is -2.35. The van der Waals surface area contributed by atoms with E-state index in [1.54, 1.807) is 7.11 Å². The summed E-state index contributed by atoms with van der Waals surface area (Å²) in [4.78, 5) is 2.40. The maximum Gasteiger partial charge on any atom is 0.118 e. The van der Waals surface area contributed by atoms with Gasteiger partial charge in [-0.3, -0.25) is 0 Å². The Morgan fingerprint density at radius 3 is 2.44 bits per heavy atom. The highest BCUT2D eigenvalue weighted by atomic mass is 16.5. The third-order valence-electron chi connectivity index (χ3n) is 3.32. The van der Waals surface area contributed by atoms with Crippen molar-refractivity contribution in [2.45, 2.75) is 32.7 Å². The highest BCUT2D eigenvalue weighted by Gasteiger charge is 2.12. The first-order valence-corrected chi connectivity index (χ1v) is 6.69. The second kappa shape index (κ2) is 8.11. The van der Waals surface area contributed by atoms with E-state index in [1.165, 1.54) is 5.56 Å². The smallest absolute Gasteiger partial charge is 0.118 e. The summed E-state index contributed by atoms with van der Waals surface area (Å²) in [5.74, 6) is 0.902. The first-order valence-electron chi connectivity index (χ1n) is 6.69. The van der Waals surface area contributed by atoms with Gasteiger partial charge in [-0.1, -0.05) is 19.1 Å². The van der Waals surface area contributed by atoms with Gasteiger partial charge in [-0.05, 0) is 44.0 Å². The van der Waals surface area contributed by atoms with Crippen molar-refractivity contribution >= 4 is 0 Å². The van der Waals surface area contributed by atoms with Crippen LogP contribution in [-0.4, -0.2) is 42.9 Å². The molecule has 18 heavy (non-hydrogen) atoms. The van der Waals surface area contributed by atoms with E-state index in [1.807, 2.05) is 12.1 Å². The fourth-order valence-corrected chi connectivity index (χ4v) is 2.20. The molecule has 0 aliphatic carbocycles. The summed E-state index contributed by atoms with van der Waals surface area (Å²) in [7, 11) is 1.69. The highest BCUT2D eigenvalue weighted by molar-refractivity contribution is 5.27. The Morgan fingerprint density at radius 2 is 1.94 bits per heavy atom. The molecule has 1 N–H and O–H groups in total. The average Bonchev–Trinajstić information content (AvgIpc) is 2.40. The summed E-state index contributed by atoms with van der Waals surface area (Å²) < 4.78 is 5.16. The van der Waals surface area contributed by atoms with Gasteiger partial charge in [0.15, 0.2) is 0 Å². The van der Waals surface area contributed by atoms with E-state index in [2.05, 4.69) is 30.9 Å². The summed E-state index contributed by atoms with van der Waals surface area (Å²) in [6, 6.07) is 8.75. The second-order valence-electron chi connectivity index (χ2n) is 4.61. The minimum atomic E-state index is 0.270. The Balaban J connectivity index is 2.52. The number of methoxy groups -OCH3 is 1. The third-order valence-corrected chi connectivity index (χ3v) is 3.32. The molecule has 0 aliphatic heterocycles. The second-order valence-corrected chi connectivity index (χ2v) is 4.61. The molecule has 0 fully saturated rings. The van der Waals surface area contributed by atoms with Crippen LogP contribution in [0, 0.1) is 0 Å². The first kappa shape index (κ1) is 15.0. The van der Waals surface area contributed by atoms with E-state index in [-0.39, 0.29) is 6.61 Å². The van der Waals surface area contributed by atoms with Crippen LogP contribution in [0.1, 0.15) is 25.8 Å². The predicted octanol–water partition coefficient (Wildman–Crippen LogP) is 2.33. The number of likely N-dealkylation sites (N-methyl/N-ethyl adjacent to an activating group) is 1. The van der Waals surface area contributed by atoms with Gasteiger partial charge in [-0.25, -0.2) is 0 Å². The molecule has 0 aromatic heterocycles. The molecule has 1 aromatic rings. The monoisotopic (exact) mass is 251 g/mol. The Labute approximate surface area is 110 Å². The molecule has 0 bridgehead atoms. The van der Waals surface area contributed by atoms with Crippen LogP contribution >= 0.6 is 0 Å². The van der Waals surface area contributed by atoms with E-state index in [4.69, 9.17) is 9.84 Å². The van der Waals surface area contributed by atoms with E-state index in [0.717, 1.165) is 31.7 Å². The van der Waals surface area contributed by atoms with Crippen molar-refractivity contribution in [1.29, 1.82) is 0 Å². The van der Waals surface area contributed by atoms with Crippen molar-refractivity contribution in [2.75, 3.05) is 26.8 Å². The number of nitrogens with zero attached hydrogens (tertiary/aromatic N) is 1. The molecule has 1 rings (SSSR count). The van der Waals surface area contributed by atoms with Crippen LogP contribution in [0.2, 0.25) is 0 Å². The summed E-state index contributed by atoms with van der Waals surface area (Å²) in [5.41, 5.74) is 1.32. The molecule has 0 amide bonds. The maximum atomic E-state index is 8.90. The molecule has 0 saturated heterocycles. The number of hydrogen-bond acceptors (Lipinski definition) is 3. The van der Waals surface area contributed by atoms with Crippen molar-refractivity contribution in [3.8, 4) is 5.75 Å². The van der Waals surface area contributed by atoms with Crippen molar-refractivity contribution in [3.63, 3.8) is 0 Å². The van der Waals surface area contributed by atoms with Crippen LogP contribution in [0.5, 0.6) is 5.75 Å². The standard InChI is InChI=1S/C15H25NO2/c1-4-16(10-5-11-17)13(2)12-14-6-8-15(18-3)9-7-14/h6-9,13,17H,4-5,10-12H2,1-3H3. The van der Waals surface area contributed by atoms with Gasteiger partial charge < -0.3 is 14.7 Å². The summed E-state index contributed by atoms with van der Waals surface area (Å²) in [6.45, 7) is 6.67. The number of aliphatic hydroxyl groups excluding tert-OH is 1. The molecular weight excluding hydrogens is 226 g/mol. The summed E-state index contributed by atoms with van der Waals surface area (Å²) in [5, 5.41) is 8.90. The molecule has 1 atom stereocenters. The predicted molar refractivity (Wildman–Crippen MR) is 75.1 cm³/mol. The summed E-state index contributed by atoms with van der Waals surface area (Å²) in [6.07, 6.45) is 1.88. The molecule has 1 aromatic carbocycles. The highest BCUT2D eigenvalue weighted by Crippen LogP contribution is 2.14. The van der Waals surface area contributed by atoms with Gasteiger partial charge in [0.2, 0.25) is 0 Å². The SMILES string of the molecule is CCN(CCCO)C(C)Cc1ccc(OC)cc1. The van der Waals surface area contributed by atoms with Crippen LogP contribution < -0.4 is 4.74 Å². The van der Waals surface area contributed by atoms with Crippen molar-refractivity contribution in [2.24, 2.45) is 0 Å². The minimum absolute atomic E-state index is 0.270. The number of hydrogen-bond donors (Lipinski definition) is 1. The fraction of sp³-hybridized carbons (Fsp3) is 0.600. The molecule has 0 heterocycles. The van der Waals surface area contributed by atoms with Crippen molar-refractivity contribution in [1.82, 2.24) is 4.90 Å². The van der Waals surface area contributed by atoms with Crippen LogP contribution in [0.25, 0.3) is 0 Å². The van der Waals surface area contributed by atoms with E-state index in [0.29, 0.717) is 6.04 Å². The van der Waals surface area contributed by atoms with Crippen LogP contribution in [0.4, 0.5) is 0 Å². The van der Waals surface area contributed by atoms with Gasteiger partial charge in [0.25, 0.3) is 0 Å². The van der Waals surface area contributed by atoms with E-state index in [9.17, 15) is 0 Å². The van der Waals surface area contributed by atoms with Crippen molar-refractivity contribution in [3.05, 3.63) is 29.8 Å². The zero-order valence-corrected chi connectivity index (χ0v) is 11.7. The Hall–Kier alpha value is -1.06. The molecule has 3 heteroatoms. The fourth-order valence-electron chi connectivity index (χ4n) is 2.20. The van der Waals surface area contributed by atoms with Gasteiger partial charge in [-0.2, -0.15) is 0 Å². The average molecular weight is 251 g/mol. The number of benzene rings is 1. The molecule has 0 spiro atoms. The normalized spacial score (nSPS) is 12.7. The molecule has 0 aliphatic rings. The van der Waals surface area contributed by atoms with E-state index >= 15 is 0 Å². The lowest BCUT2D eigenvalue weighted by Gasteiger charge is -2.27. The Morgan fingerprint density at radius 1 is 1.28 bits per heavy atom. The van der Waals surface area contributed by atoms with Gasteiger partial charge in [-0.15, -0.1) is 0 Å². The lowest BCUT2D eigenvalue weighted by molar-refractivity contribution is 0.189. The molecule has 0 saturated carbocycles. The third kappa shape index (κ3) is 4.67. The lowest BCUT2D eigenvalue weighted by atomic mass is 10.1. The topological polar surface area (TPSA) is 32.7 Å². The van der Waals surface area contributed by atoms with Crippen LogP contribution in [0.3, 0.4) is 0 Å². The Kier molecular flexibility index (Phi) is 6.76. The quantitative estimate of drug-likeness (QED) is 0.769. The first-order chi connectivity index (χ1) is 8.71. The van der Waals surface area contributed by atoms with Crippen LogP contribution in [0.15, 0.2) is 24.3 Å². The van der Waals surface area contributed by atoms with Gasteiger partial charge in [0.1, 0.15) is 5.75 Å². The molecule has 102 valence electrons. The zero-order valence-electron chi connectivity index (χ0n) is 11.7. The number of aliphatic hydroxyl groups is 1. The number of rotatable bonds is 8. The molecular formula is C15H25NO2. The van der Waals surface area contributed by atoms with Gasteiger partial charge in [0.05, 0.1) is 7.11 Å². The van der Waals surface area contributed by atoms with E-state index < -0.39 is 0 Å². The van der Waals surface area contributed by atoms with Gasteiger partial charge >= 0.3 is 0 Å². The maximum absolute atomic E-state index is 8.90. The largest absolute Gasteiger partial charge is 0.497 e. The van der Waals surface area contributed by atoms with Crippen LogP contribution in [-0.2, 0) is 6.42 Å². The molecule has 0 radical (unpaired) electrons.